The van der Waals surface area contributed by atoms with Gasteiger partial charge in [0.1, 0.15) is 26.8 Å². The number of nitrogens with one attached hydrogen (secondary N) is 1. The Kier molecular flexibility index (Phi) is 6.32. The number of halogens is 2. The van der Waals surface area contributed by atoms with Crippen LogP contribution in [0.25, 0.3) is 22.3 Å². The van der Waals surface area contributed by atoms with Gasteiger partial charge in [0.25, 0.3) is 5.91 Å². The van der Waals surface area contributed by atoms with Crippen molar-refractivity contribution in [1.29, 1.82) is 0 Å². The molecule has 0 bridgehead atoms. The Labute approximate surface area is 196 Å². The van der Waals surface area contributed by atoms with Crippen LogP contribution in [0.4, 0.5) is 8.78 Å². The van der Waals surface area contributed by atoms with Gasteiger partial charge in [0.05, 0.1) is 22.6 Å². The van der Waals surface area contributed by atoms with Crippen molar-refractivity contribution in [3.05, 3.63) is 42.1 Å². The first-order valence-electron chi connectivity index (χ1n) is 10.9. The molecule has 2 aromatic heterocycles. The summed E-state index contributed by atoms with van der Waals surface area (Å²) in [4.78, 5) is 17.5. The van der Waals surface area contributed by atoms with E-state index in [9.17, 15) is 22.0 Å². The number of sulfone groups is 1. The molecule has 1 aliphatic heterocycles. The second kappa shape index (κ2) is 8.94. The molecule has 8 nitrogen and oxygen atoms in total. The average Bonchev–Trinajstić information content (AvgIpc) is 3.15. The van der Waals surface area contributed by atoms with Gasteiger partial charge in [-0.05, 0) is 51.8 Å². The number of fused-ring (bicyclic) bond motifs is 1. The predicted octanol–water partition coefficient (Wildman–Crippen LogP) is 3.98. The Bertz CT molecular complexity index is 1320. The van der Waals surface area contributed by atoms with Crippen molar-refractivity contribution < 1.29 is 26.7 Å². The zero-order valence-electron chi connectivity index (χ0n) is 19.1. The second-order valence-corrected chi connectivity index (χ2v) is 11.4. The van der Waals surface area contributed by atoms with Gasteiger partial charge in [0.2, 0.25) is 0 Å². The summed E-state index contributed by atoms with van der Waals surface area (Å²) in [6, 6.07) is 7.86. The number of carbonyl (C=O) groups is 1. The van der Waals surface area contributed by atoms with E-state index >= 15 is 0 Å². The Hall–Kier alpha value is -3.08. The van der Waals surface area contributed by atoms with Crippen molar-refractivity contribution in [2.24, 2.45) is 0 Å². The number of pyridine rings is 1. The van der Waals surface area contributed by atoms with Crippen molar-refractivity contribution >= 4 is 26.8 Å². The van der Waals surface area contributed by atoms with Crippen LogP contribution in [0.2, 0.25) is 0 Å². The van der Waals surface area contributed by atoms with E-state index in [2.05, 4.69) is 20.1 Å². The fourth-order valence-electron chi connectivity index (χ4n) is 4.01. The number of carbonyl (C=O) groups excluding carboxylic acids is 1. The van der Waals surface area contributed by atoms with Crippen LogP contribution in [0, 0.1) is 0 Å². The summed E-state index contributed by atoms with van der Waals surface area (Å²) in [6.45, 7) is 2.77. The molecule has 0 unspecified atom stereocenters. The zero-order chi connectivity index (χ0) is 24.7. The maximum absolute atomic E-state index is 13.0. The molecule has 3 heterocycles. The van der Waals surface area contributed by atoms with Crippen LogP contribution in [0.3, 0.4) is 0 Å². The molecule has 182 valence electrons. The monoisotopic (exact) mass is 492 g/mol. The Morgan fingerprint density at radius 2 is 1.91 bits per heavy atom. The van der Waals surface area contributed by atoms with Gasteiger partial charge < -0.3 is 10.1 Å². The van der Waals surface area contributed by atoms with Crippen LogP contribution < -0.4 is 10.1 Å². The normalized spacial score (nSPS) is 17.3. The van der Waals surface area contributed by atoms with E-state index in [1.807, 2.05) is 20.8 Å². The number of amides is 1. The summed E-state index contributed by atoms with van der Waals surface area (Å²) in [5, 5.41) is 7.60. The average molecular weight is 493 g/mol. The molecule has 0 spiro atoms. The topological polar surface area (TPSA) is 103 Å². The van der Waals surface area contributed by atoms with E-state index < -0.39 is 22.0 Å². The predicted molar refractivity (Wildman–Crippen MR) is 124 cm³/mol. The fraction of sp³-hybridized carbons (Fsp3) is 0.435. The van der Waals surface area contributed by atoms with E-state index in [4.69, 9.17) is 0 Å². The van der Waals surface area contributed by atoms with Gasteiger partial charge in [-0.1, -0.05) is 12.1 Å². The van der Waals surface area contributed by atoms with Gasteiger partial charge in [-0.25, -0.2) is 8.42 Å². The fourth-order valence-corrected chi connectivity index (χ4v) is 5.74. The van der Waals surface area contributed by atoms with E-state index in [0.717, 1.165) is 0 Å². The smallest absolute Gasteiger partial charge is 0.387 e. The van der Waals surface area contributed by atoms with Crippen molar-refractivity contribution in [3.63, 3.8) is 0 Å². The molecule has 1 fully saturated rings. The molecule has 0 atom stereocenters. The number of hydrogen-bond donors (Lipinski definition) is 1. The maximum atomic E-state index is 13.0. The summed E-state index contributed by atoms with van der Waals surface area (Å²) >= 11 is 0. The minimum absolute atomic E-state index is 0.0125. The molecule has 1 aromatic carbocycles. The molecule has 3 aromatic rings. The first kappa shape index (κ1) is 24.1. The summed E-state index contributed by atoms with van der Waals surface area (Å²) in [7, 11) is -3.06. The van der Waals surface area contributed by atoms with Crippen LogP contribution in [-0.4, -0.2) is 52.7 Å². The number of benzene rings is 1. The largest absolute Gasteiger partial charge is 0.435 e. The molecule has 1 aliphatic rings. The third-order valence-electron chi connectivity index (χ3n) is 5.98. The highest BCUT2D eigenvalue weighted by Crippen LogP contribution is 2.31. The molecule has 0 aliphatic carbocycles. The second-order valence-electron chi connectivity index (χ2n) is 9.05. The van der Waals surface area contributed by atoms with Gasteiger partial charge in [-0.3, -0.25) is 14.5 Å². The van der Waals surface area contributed by atoms with E-state index in [1.54, 1.807) is 22.9 Å². The lowest BCUT2D eigenvalue weighted by Gasteiger charge is -2.34. The molecule has 1 saturated heterocycles. The number of aromatic nitrogens is 3. The standard InChI is InChI=1S/C23H26F2N4O4S/c1-14(2)29-18-12-16(21(30)27-23(3)7-9-34(31,32)10-8-23)13-26-20(18)19(28-29)15-5-4-6-17(11-15)33-22(24)25/h4-6,11-14,22H,7-10H2,1-3H3,(H,27,30). The van der Waals surface area contributed by atoms with Crippen molar-refractivity contribution in [1.82, 2.24) is 20.1 Å². The molecule has 11 heteroatoms. The lowest BCUT2D eigenvalue weighted by molar-refractivity contribution is -0.0498. The van der Waals surface area contributed by atoms with Crippen molar-refractivity contribution in [2.75, 3.05) is 11.5 Å². The highest BCUT2D eigenvalue weighted by atomic mass is 32.2. The maximum Gasteiger partial charge on any atom is 0.387 e. The van der Waals surface area contributed by atoms with Gasteiger partial charge in [0, 0.05) is 23.3 Å². The molecule has 1 amide bonds. The molecule has 0 radical (unpaired) electrons. The Balaban J connectivity index is 1.68. The SMILES string of the molecule is CC(C)n1nc(-c2cccc(OC(F)F)c2)c2ncc(C(=O)NC3(C)CCS(=O)(=O)CC3)cc21. The van der Waals surface area contributed by atoms with Crippen molar-refractivity contribution in [2.45, 2.75) is 51.8 Å². The summed E-state index contributed by atoms with van der Waals surface area (Å²) < 4.78 is 55.0. The van der Waals surface area contributed by atoms with E-state index in [-0.39, 0.29) is 29.2 Å². The first-order valence-corrected chi connectivity index (χ1v) is 12.7. The van der Waals surface area contributed by atoms with Gasteiger partial charge >= 0.3 is 6.61 Å². The Morgan fingerprint density at radius 1 is 1.21 bits per heavy atom. The minimum atomic E-state index is -3.06. The Morgan fingerprint density at radius 3 is 2.56 bits per heavy atom. The quantitative estimate of drug-likeness (QED) is 0.558. The third-order valence-corrected chi connectivity index (χ3v) is 7.63. The number of nitrogens with zero attached hydrogens (tertiary/aromatic N) is 3. The molecule has 34 heavy (non-hydrogen) atoms. The number of hydrogen-bond acceptors (Lipinski definition) is 6. The van der Waals surface area contributed by atoms with Crippen molar-refractivity contribution in [3.8, 4) is 17.0 Å². The highest BCUT2D eigenvalue weighted by molar-refractivity contribution is 7.91. The first-order chi connectivity index (χ1) is 16.0. The molecule has 4 rings (SSSR count). The van der Waals surface area contributed by atoms with E-state index in [1.165, 1.54) is 18.3 Å². The molecule has 0 saturated carbocycles. The zero-order valence-corrected chi connectivity index (χ0v) is 19.9. The summed E-state index contributed by atoms with van der Waals surface area (Å²) in [5.41, 5.74) is 1.89. The van der Waals surface area contributed by atoms with Gasteiger partial charge in [0.15, 0.2) is 0 Å². The molecule has 1 N–H and O–H groups in total. The van der Waals surface area contributed by atoms with Gasteiger partial charge in [-0.2, -0.15) is 13.9 Å². The minimum Gasteiger partial charge on any atom is -0.435 e. The summed E-state index contributed by atoms with van der Waals surface area (Å²) in [5.74, 6) is -0.252. The lowest BCUT2D eigenvalue weighted by Crippen LogP contribution is -2.50. The number of rotatable bonds is 6. The van der Waals surface area contributed by atoms with Crippen LogP contribution in [0.1, 0.15) is 50.0 Å². The van der Waals surface area contributed by atoms with E-state index in [0.29, 0.717) is 40.7 Å². The van der Waals surface area contributed by atoms with Gasteiger partial charge in [-0.15, -0.1) is 0 Å². The van der Waals surface area contributed by atoms with Crippen LogP contribution >= 0.6 is 0 Å². The van der Waals surface area contributed by atoms with Crippen LogP contribution in [0.15, 0.2) is 36.5 Å². The number of ether oxygens (including phenoxy) is 1. The molecular formula is C23H26F2N4O4S. The summed E-state index contributed by atoms with van der Waals surface area (Å²) in [6.07, 6.45) is 2.14. The third kappa shape index (κ3) is 5.03. The van der Waals surface area contributed by atoms with Crippen LogP contribution in [0.5, 0.6) is 5.75 Å². The number of alkyl halides is 2. The molecular weight excluding hydrogens is 466 g/mol. The highest BCUT2D eigenvalue weighted by Gasteiger charge is 2.35. The van der Waals surface area contributed by atoms with Crippen LogP contribution in [-0.2, 0) is 9.84 Å². The lowest BCUT2D eigenvalue weighted by atomic mass is 9.94.